The standard InChI is InChI=1S/C26H33N3O3/c1-18(2)16-28-24(30)14-21-15-26(32-23-7-5-4-6-22(21)23)10-12-29(13-11-26)25(31)20-9-8-19(3)27-17-20/h4-9,17-18,21H,10-16H2,1-3H3,(H,28,30). The summed E-state index contributed by atoms with van der Waals surface area (Å²) < 4.78 is 6.54. The molecule has 1 N–H and O–H groups in total. The monoisotopic (exact) mass is 435 g/mol. The second-order valence-corrected chi connectivity index (χ2v) is 9.61. The highest BCUT2D eigenvalue weighted by molar-refractivity contribution is 5.94. The maximum Gasteiger partial charge on any atom is 0.255 e. The third kappa shape index (κ3) is 4.95. The number of amides is 2. The Labute approximate surface area is 190 Å². The predicted octanol–water partition coefficient (Wildman–Crippen LogP) is 4.09. The van der Waals surface area contributed by atoms with Crippen LogP contribution in [0.1, 0.15) is 67.1 Å². The van der Waals surface area contributed by atoms with Crippen molar-refractivity contribution in [2.75, 3.05) is 19.6 Å². The Bertz CT molecular complexity index is 963. The minimum absolute atomic E-state index is 0.0215. The molecular weight excluding hydrogens is 402 g/mol. The van der Waals surface area contributed by atoms with Crippen LogP contribution in [0.15, 0.2) is 42.6 Å². The van der Waals surface area contributed by atoms with Gasteiger partial charge < -0.3 is 15.0 Å². The molecular formula is C26H33N3O3. The average Bonchev–Trinajstić information content (AvgIpc) is 2.78. The van der Waals surface area contributed by atoms with E-state index in [1.807, 2.05) is 42.2 Å². The molecule has 6 nitrogen and oxygen atoms in total. The summed E-state index contributed by atoms with van der Waals surface area (Å²) in [5.74, 6) is 1.54. The molecule has 2 aromatic rings. The number of ether oxygens (including phenoxy) is 1. The van der Waals surface area contributed by atoms with E-state index in [9.17, 15) is 9.59 Å². The van der Waals surface area contributed by atoms with E-state index in [0.29, 0.717) is 37.5 Å². The predicted molar refractivity (Wildman–Crippen MR) is 124 cm³/mol. The van der Waals surface area contributed by atoms with Gasteiger partial charge >= 0.3 is 0 Å². The Morgan fingerprint density at radius 1 is 1.19 bits per heavy atom. The molecule has 0 aliphatic carbocycles. The van der Waals surface area contributed by atoms with Crippen LogP contribution < -0.4 is 10.1 Å². The van der Waals surface area contributed by atoms with E-state index in [2.05, 4.69) is 30.2 Å². The topological polar surface area (TPSA) is 71.5 Å². The van der Waals surface area contributed by atoms with Gasteiger partial charge in [0.15, 0.2) is 0 Å². The molecule has 1 saturated heterocycles. The molecule has 0 radical (unpaired) electrons. The van der Waals surface area contributed by atoms with E-state index < -0.39 is 0 Å². The summed E-state index contributed by atoms with van der Waals surface area (Å²) in [5, 5.41) is 3.06. The second-order valence-electron chi connectivity index (χ2n) is 9.61. The lowest BCUT2D eigenvalue weighted by Crippen LogP contribution is -2.52. The molecule has 4 rings (SSSR count). The molecule has 32 heavy (non-hydrogen) atoms. The normalized spacial score (nSPS) is 19.4. The molecule has 2 aliphatic heterocycles. The van der Waals surface area contributed by atoms with Crippen molar-refractivity contribution >= 4 is 11.8 Å². The molecule has 0 saturated carbocycles. The molecule has 170 valence electrons. The lowest BCUT2D eigenvalue weighted by Gasteiger charge is -2.47. The fourth-order valence-corrected chi connectivity index (χ4v) is 4.74. The van der Waals surface area contributed by atoms with Gasteiger partial charge in [0.2, 0.25) is 5.91 Å². The summed E-state index contributed by atoms with van der Waals surface area (Å²) >= 11 is 0. The molecule has 1 spiro atoms. The highest BCUT2D eigenvalue weighted by atomic mass is 16.5. The van der Waals surface area contributed by atoms with Crippen molar-refractivity contribution in [2.24, 2.45) is 5.92 Å². The van der Waals surface area contributed by atoms with Crippen molar-refractivity contribution in [1.29, 1.82) is 0 Å². The summed E-state index contributed by atoms with van der Waals surface area (Å²) in [6, 6.07) is 11.8. The number of benzene rings is 1. The zero-order valence-electron chi connectivity index (χ0n) is 19.3. The van der Waals surface area contributed by atoms with Crippen LogP contribution in [0.5, 0.6) is 5.75 Å². The molecule has 3 heterocycles. The van der Waals surface area contributed by atoms with Crippen LogP contribution in [0.4, 0.5) is 0 Å². The Kier molecular flexibility index (Phi) is 6.49. The summed E-state index contributed by atoms with van der Waals surface area (Å²) in [4.78, 5) is 31.7. The zero-order valence-corrected chi connectivity index (χ0v) is 19.3. The molecule has 0 bridgehead atoms. The number of nitrogens with zero attached hydrogens (tertiary/aromatic N) is 2. The summed E-state index contributed by atoms with van der Waals surface area (Å²) in [6.07, 6.45) is 4.44. The molecule has 1 unspecified atom stereocenters. The molecule has 1 aromatic carbocycles. The minimum atomic E-state index is -0.334. The second kappa shape index (κ2) is 9.31. The van der Waals surface area contributed by atoms with Gasteiger partial charge in [-0.25, -0.2) is 0 Å². The van der Waals surface area contributed by atoms with Crippen LogP contribution in [0.25, 0.3) is 0 Å². The number of carbonyl (C=O) groups excluding carboxylic acids is 2. The number of pyridine rings is 1. The quantitative estimate of drug-likeness (QED) is 0.768. The number of piperidine rings is 1. The first-order valence-electron chi connectivity index (χ1n) is 11.6. The van der Waals surface area contributed by atoms with Crippen LogP contribution >= 0.6 is 0 Å². The van der Waals surface area contributed by atoms with Gasteiger partial charge in [-0.05, 0) is 43.0 Å². The average molecular weight is 436 g/mol. The Hall–Kier alpha value is -2.89. The number of aromatic nitrogens is 1. The Morgan fingerprint density at radius 2 is 1.94 bits per heavy atom. The van der Waals surface area contributed by atoms with Gasteiger partial charge in [-0.2, -0.15) is 0 Å². The summed E-state index contributed by atoms with van der Waals surface area (Å²) in [7, 11) is 0. The number of carbonyl (C=O) groups is 2. The van der Waals surface area contributed by atoms with Gasteiger partial charge in [0.1, 0.15) is 11.4 Å². The maximum atomic E-state index is 12.9. The number of hydrogen-bond acceptors (Lipinski definition) is 4. The van der Waals surface area contributed by atoms with E-state index >= 15 is 0 Å². The lowest BCUT2D eigenvalue weighted by atomic mass is 9.76. The highest BCUT2D eigenvalue weighted by Crippen LogP contribution is 2.46. The lowest BCUT2D eigenvalue weighted by molar-refractivity contribution is -0.122. The first-order valence-corrected chi connectivity index (χ1v) is 11.6. The van der Waals surface area contributed by atoms with E-state index in [-0.39, 0.29) is 23.3 Å². The van der Waals surface area contributed by atoms with Gasteiger partial charge in [0.25, 0.3) is 5.91 Å². The number of likely N-dealkylation sites (tertiary alicyclic amines) is 1. The molecule has 2 aliphatic rings. The van der Waals surface area contributed by atoms with Crippen molar-refractivity contribution in [3.05, 3.63) is 59.4 Å². The van der Waals surface area contributed by atoms with Crippen LogP contribution in [-0.2, 0) is 4.79 Å². The fourth-order valence-electron chi connectivity index (χ4n) is 4.74. The molecule has 1 aromatic heterocycles. The van der Waals surface area contributed by atoms with E-state index in [4.69, 9.17) is 4.74 Å². The first kappa shape index (κ1) is 22.3. The van der Waals surface area contributed by atoms with E-state index in [1.165, 1.54) is 0 Å². The summed E-state index contributed by atoms with van der Waals surface area (Å²) in [5.41, 5.74) is 2.31. The molecule has 2 amide bonds. The van der Waals surface area contributed by atoms with Crippen LogP contribution in [0.2, 0.25) is 0 Å². The number of fused-ring (bicyclic) bond motifs is 1. The van der Waals surface area contributed by atoms with Crippen LogP contribution in [-0.4, -0.2) is 46.9 Å². The number of aryl methyl sites for hydroxylation is 1. The molecule has 6 heteroatoms. The van der Waals surface area contributed by atoms with Crippen LogP contribution in [0, 0.1) is 12.8 Å². The third-order valence-electron chi connectivity index (χ3n) is 6.56. The van der Waals surface area contributed by atoms with Crippen molar-refractivity contribution in [3.8, 4) is 5.75 Å². The largest absolute Gasteiger partial charge is 0.487 e. The number of nitrogens with one attached hydrogen (secondary N) is 1. The van der Waals surface area contributed by atoms with Crippen molar-refractivity contribution in [1.82, 2.24) is 15.2 Å². The third-order valence-corrected chi connectivity index (χ3v) is 6.56. The van der Waals surface area contributed by atoms with Crippen molar-refractivity contribution in [3.63, 3.8) is 0 Å². The smallest absolute Gasteiger partial charge is 0.255 e. The maximum absolute atomic E-state index is 12.9. The zero-order chi connectivity index (χ0) is 22.7. The highest BCUT2D eigenvalue weighted by Gasteiger charge is 2.44. The molecule has 1 atom stereocenters. The SMILES string of the molecule is Cc1ccc(C(=O)N2CCC3(CC2)CC(CC(=O)NCC(C)C)c2ccccc2O3)cn1. The van der Waals surface area contributed by atoms with Gasteiger partial charge in [-0.3, -0.25) is 14.6 Å². The van der Waals surface area contributed by atoms with Crippen molar-refractivity contribution in [2.45, 2.75) is 58.0 Å². The number of para-hydroxylation sites is 1. The number of hydrogen-bond donors (Lipinski definition) is 1. The first-order chi connectivity index (χ1) is 15.3. The molecule has 1 fully saturated rings. The Balaban J connectivity index is 1.45. The van der Waals surface area contributed by atoms with Gasteiger partial charge in [0, 0.05) is 56.7 Å². The number of rotatable bonds is 5. The summed E-state index contributed by atoms with van der Waals surface area (Å²) in [6.45, 7) is 8.08. The van der Waals surface area contributed by atoms with Crippen molar-refractivity contribution < 1.29 is 14.3 Å². The van der Waals surface area contributed by atoms with E-state index in [1.54, 1.807) is 6.20 Å². The van der Waals surface area contributed by atoms with Gasteiger partial charge in [-0.1, -0.05) is 32.0 Å². The van der Waals surface area contributed by atoms with Gasteiger partial charge in [-0.15, -0.1) is 0 Å². The van der Waals surface area contributed by atoms with Gasteiger partial charge in [0.05, 0.1) is 5.56 Å². The Morgan fingerprint density at radius 3 is 2.62 bits per heavy atom. The van der Waals surface area contributed by atoms with Crippen LogP contribution in [0.3, 0.4) is 0 Å². The minimum Gasteiger partial charge on any atom is -0.487 e. The fraction of sp³-hybridized carbons (Fsp3) is 0.500. The van der Waals surface area contributed by atoms with E-state index in [0.717, 1.165) is 36.3 Å².